The van der Waals surface area contributed by atoms with Crippen molar-refractivity contribution in [3.05, 3.63) is 41.5 Å². The number of aryl methyl sites for hydroxylation is 1. The van der Waals surface area contributed by atoms with Gasteiger partial charge in [0, 0.05) is 17.8 Å². The summed E-state index contributed by atoms with van der Waals surface area (Å²) >= 11 is 0. The van der Waals surface area contributed by atoms with Crippen LogP contribution in [0.25, 0.3) is 5.70 Å². The van der Waals surface area contributed by atoms with Crippen molar-refractivity contribution in [2.75, 3.05) is 27.2 Å². The number of hydrogen-bond acceptors (Lipinski definition) is 2. The van der Waals surface area contributed by atoms with E-state index >= 15 is 0 Å². The molecule has 2 heteroatoms. The molecule has 2 rings (SSSR count). The molecule has 1 aromatic rings. The molecule has 0 heterocycles. The Labute approximate surface area is 104 Å². The van der Waals surface area contributed by atoms with E-state index in [4.69, 9.17) is 0 Å². The van der Waals surface area contributed by atoms with Crippen LogP contribution >= 0.6 is 0 Å². The van der Waals surface area contributed by atoms with Gasteiger partial charge in [0.1, 0.15) is 0 Å². The van der Waals surface area contributed by atoms with Gasteiger partial charge in [-0.05, 0) is 45.5 Å². The lowest BCUT2D eigenvalue weighted by Crippen LogP contribution is -2.21. The van der Waals surface area contributed by atoms with Gasteiger partial charge in [-0.2, -0.15) is 0 Å². The summed E-state index contributed by atoms with van der Waals surface area (Å²) in [5.41, 5.74) is 4.19. The average molecular weight is 230 g/mol. The van der Waals surface area contributed by atoms with E-state index in [2.05, 4.69) is 54.7 Å². The smallest absolute Gasteiger partial charge is 0.0376 e. The molecule has 1 aliphatic carbocycles. The lowest BCUT2D eigenvalue weighted by molar-refractivity contribution is 0.399. The van der Waals surface area contributed by atoms with Gasteiger partial charge < -0.3 is 10.2 Å². The van der Waals surface area contributed by atoms with Crippen molar-refractivity contribution >= 4 is 5.70 Å². The summed E-state index contributed by atoms with van der Waals surface area (Å²) in [6.45, 7) is 2.19. The van der Waals surface area contributed by atoms with Gasteiger partial charge in [-0.25, -0.2) is 0 Å². The molecule has 0 spiro atoms. The Morgan fingerprint density at radius 2 is 2.06 bits per heavy atom. The molecule has 0 unspecified atom stereocenters. The molecule has 92 valence electrons. The second-order valence-corrected chi connectivity index (χ2v) is 4.90. The predicted octanol–water partition coefficient (Wildman–Crippen LogP) is 2.52. The molecule has 0 bridgehead atoms. The summed E-state index contributed by atoms with van der Waals surface area (Å²) in [7, 11) is 4.24. The number of hydrogen-bond donors (Lipinski definition) is 1. The van der Waals surface area contributed by atoms with E-state index in [0.717, 1.165) is 19.5 Å². The molecule has 1 N–H and O–H groups in total. The molecule has 2 nitrogen and oxygen atoms in total. The van der Waals surface area contributed by atoms with Crippen molar-refractivity contribution in [1.29, 1.82) is 0 Å². The molecule has 0 radical (unpaired) electrons. The molecule has 1 aliphatic rings. The van der Waals surface area contributed by atoms with Crippen LogP contribution in [0.2, 0.25) is 0 Å². The van der Waals surface area contributed by atoms with Crippen molar-refractivity contribution in [3.8, 4) is 0 Å². The van der Waals surface area contributed by atoms with Gasteiger partial charge in [0.15, 0.2) is 0 Å². The first-order valence-corrected chi connectivity index (χ1v) is 6.44. The maximum atomic E-state index is 3.57. The van der Waals surface area contributed by atoms with Crippen LogP contribution in [0.1, 0.15) is 24.0 Å². The highest BCUT2D eigenvalue weighted by Crippen LogP contribution is 2.23. The van der Waals surface area contributed by atoms with Crippen LogP contribution in [0.3, 0.4) is 0 Å². The first kappa shape index (κ1) is 12.2. The van der Waals surface area contributed by atoms with Crippen LogP contribution in [0, 0.1) is 0 Å². The fraction of sp³-hybridized carbons (Fsp3) is 0.467. The van der Waals surface area contributed by atoms with Gasteiger partial charge in [0.2, 0.25) is 0 Å². The number of nitrogens with one attached hydrogen (secondary N) is 1. The first-order chi connectivity index (χ1) is 8.27. The minimum atomic E-state index is 1.05. The number of rotatable bonds is 5. The van der Waals surface area contributed by atoms with E-state index in [9.17, 15) is 0 Å². The second kappa shape index (κ2) is 5.87. The molecule has 17 heavy (non-hydrogen) atoms. The van der Waals surface area contributed by atoms with Crippen LogP contribution in [0.5, 0.6) is 0 Å². The summed E-state index contributed by atoms with van der Waals surface area (Å²) < 4.78 is 0. The van der Waals surface area contributed by atoms with Crippen molar-refractivity contribution in [2.24, 2.45) is 0 Å². The Bertz CT molecular complexity index is 394. The summed E-state index contributed by atoms with van der Waals surface area (Å²) in [4.78, 5) is 2.23. The van der Waals surface area contributed by atoms with Gasteiger partial charge in [-0.15, -0.1) is 0 Å². The largest absolute Gasteiger partial charge is 0.385 e. The van der Waals surface area contributed by atoms with E-state index in [1.807, 2.05) is 0 Å². The van der Waals surface area contributed by atoms with Gasteiger partial charge in [-0.1, -0.05) is 30.3 Å². The Balaban J connectivity index is 1.91. The Morgan fingerprint density at radius 1 is 1.24 bits per heavy atom. The van der Waals surface area contributed by atoms with Crippen LogP contribution < -0.4 is 5.32 Å². The highest BCUT2D eigenvalue weighted by atomic mass is 15.1. The molecule has 0 saturated heterocycles. The lowest BCUT2D eigenvalue weighted by Gasteiger charge is -2.19. The zero-order valence-electron chi connectivity index (χ0n) is 10.9. The van der Waals surface area contributed by atoms with E-state index in [-0.39, 0.29) is 0 Å². The Hall–Kier alpha value is -1.28. The maximum Gasteiger partial charge on any atom is 0.0376 e. The number of allylic oxidation sites excluding steroid dienone is 1. The molecule has 0 atom stereocenters. The number of nitrogens with zero attached hydrogens (tertiary/aromatic N) is 1. The van der Waals surface area contributed by atoms with E-state index in [1.165, 1.54) is 29.7 Å². The molecule has 1 aromatic carbocycles. The van der Waals surface area contributed by atoms with Crippen LogP contribution in [0.15, 0.2) is 30.3 Å². The normalized spacial score (nSPS) is 14.4. The van der Waals surface area contributed by atoms with Crippen LogP contribution in [-0.4, -0.2) is 32.1 Å². The predicted molar refractivity (Wildman–Crippen MR) is 73.9 cm³/mol. The zero-order valence-corrected chi connectivity index (χ0v) is 10.9. The van der Waals surface area contributed by atoms with Gasteiger partial charge in [0.25, 0.3) is 0 Å². The topological polar surface area (TPSA) is 15.3 Å². The third kappa shape index (κ3) is 3.34. The maximum absolute atomic E-state index is 3.57. The molecule has 0 aliphatic heterocycles. The van der Waals surface area contributed by atoms with E-state index in [1.54, 1.807) is 0 Å². The van der Waals surface area contributed by atoms with Gasteiger partial charge >= 0.3 is 0 Å². The van der Waals surface area contributed by atoms with Crippen LogP contribution in [0.4, 0.5) is 0 Å². The number of benzene rings is 1. The average Bonchev–Trinajstić information content (AvgIpc) is 2.34. The van der Waals surface area contributed by atoms with Crippen molar-refractivity contribution in [2.45, 2.75) is 19.3 Å². The van der Waals surface area contributed by atoms with Crippen molar-refractivity contribution in [1.82, 2.24) is 10.2 Å². The van der Waals surface area contributed by atoms with Crippen LogP contribution in [-0.2, 0) is 6.42 Å². The van der Waals surface area contributed by atoms with Crippen molar-refractivity contribution < 1.29 is 0 Å². The fourth-order valence-corrected chi connectivity index (χ4v) is 2.27. The summed E-state index contributed by atoms with van der Waals surface area (Å²) in [6.07, 6.45) is 5.86. The van der Waals surface area contributed by atoms with E-state index in [0.29, 0.717) is 0 Å². The molecule has 0 saturated carbocycles. The standard InChI is InChI=1S/C15H22N2/c1-17(2)12-6-11-16-15-10-5-8-13-7-3-4-9-14(13)15/h3-4,7,9-10,16H,5-6,8,11-12H2,1-2H3. The molecular weight excluding hydrogens is 208 g/mol. The summed E-state index contributed by atoms with van der Waals surface area (Å²) in [5, 5.41) is 3.57. The lowest BCUT2D eigenvalue weighted by atomic mass is 9.95. The molecule has 0 aromatic heterocycles. The first-order valence-electron chi connectivity index (χ1n) is 6.44. The molecule has 0 amide bonds. The second-order valence-electron chi connectivity index (χ2n) is 4.90. The third-order valence-electron chi connectivity index (χ3n) is 3.17. The quantitative estimate of drug-likeness (QED) is 0.782. The highest BCUT2D eigenvalue weighted by Gasteiger charge is 2.10. The Morgan fingerprint density at radius 3 is 2.88 bits per heavy atom. The monoisotopic (exact) mass is 230 g/mol. The van der Waals surface area contributed by atoms with Gasteiger partial charge in [0.05, 0.1) is 0 Å². The Kier molecular flexibility index (Phi) is 4.21. The highest BCUT2D eigenvalue weighted by molar-refractivity contribution is 5.68. The number of fused-ring (bicyclic) bond motifs is 1. The third-order valence-corrected chi connectivity index (χ3v) is 3.17. The summed E-state index contributed by atoms with van der Waals surface area (Å²) in [6, 6.07) is 8.72. The van der Waals surface area contributed by atoms with Gasteiger partial charge in [-0.3, -0.25) is 0 Å². The zero-order chi connectivity index (χ0) is 12.1. The molecular formula is C15H22N2. The van der Waals surface area contributed by atoms with Crippen molar-refractivity contribution in [3.63, 3.8) is 0 Å². The molecule has 0 fully saturated rings. The minimum Gasteiger partial charge on any atom is -0.385 e. The SMILES string of the molecule is CN(C)CCCNC1=CCCc2ccccc21. The minimum absolute atomic E-state index is 1.05. The van der Waals surface area contributed by atoms with E-state index < -0.39 is 0 Å². The fourth-order valence-electron chi connectivity index (χ4n) is 2.27. The summed E-state index contributed by atoms with van der Waals surface area (Å²) in [5.74, 6) is 0.